The van der Waals surface area contributed by atoms with Crippen LogP contribution in [0.25, 0.3) is 22.3 Å². The SMILES string of the molecule is CCCCCCCCCCCCOc1ccc(-c2ccccc2-c2ccccc2)cc1.P. The van der Waals surface area contributed by atoms with Gasteiger partial charge in [0.1, 0.15) is 5.75 Å². The monoisotopic (exact) mass is 448 g/mol. The van der Waals surface area contributed by atoms with Gasteiger partial charge in [-0.25, -0.2) is 0 Å². The molecule has 0 heterocycles. The van der Waals surface area contributed by atoms with Crippen molar-refractivity contribution in [3.8, 4) is 28.0 Å². The maximum atomic E-state index is 5.98. The molecule has 1 nitrogen and oxygen atoms in total. The Kier molecular flexibility index (Phi) is 12.8. The summed E-state index contributed by atoms with van der Waals surface area (Å²) >= 11 is 0. The van der Waals surface area contributed by atoms with Crippen LogP contribution in [-0.4, -0.2) is 6.61 Å². The Bertz CT molecular complexity index is 858. The van der Waals surface area contributed by atoms with E-state index in [9.17, 15) is 0 Å². The highest BCUT2D eigenvalue weighted by Crippen LogP contribution is 2.32. The lowest BCUT2D eigenvalue weighted by Crippen LogP contribution is -1.97. The number of unbranched alkanes of at least 4 members (excludes halogenated alkanes) is 9. The Morgan fingerprint density at radius 1 is 0.500 bits per heavy atom. The van der Waals surface area contributed by atoms with E-state index in [1.807, 2.05) is 0 Å². The molecular formula is C30H41OP. The molecule has 0 saturated carbocycles. The van der Waals surface area contributed by atoms with Crippen LogP contribution in [0, 0.1) is 0 Å². The van der Waals surface area contributed by atoms with Crippen molar-refractivity contribution < 1.29 is 4.74 Å². The zero-order chi connectivity index (χ0) is 21.6. The van der Waals surface area contributed by atoms with E-state index in [1.165, 1.54) is 80.0 Å². The van der Waals surface area contributed by atoms with Gasteiger partial charge in [-0.2, -0.15) is 9.90 Å². The lowest BCUT2D eigenvalue weighted by molar-refractivity contribution is 0.304. The van der Waals surface area contributed by atoms with E-state index in [2.05, 4.69) is 85.8 Å². The van der Waals surface area contributed by atoms with Gasteiger partial charge in [-0.15, -0.1) is 0 Å². The molecule has 0 N–H and O–H groups in total. The Balaban J connectivity index is 0.00000363. The fourth-order valence-corrected chi connectivity index (χ4v) is 4.11. The zero-order valence-electron chi connectivity index (χ0n) is 19.9. The first kappa shape index (κ1) is 26.1. The molecule has 32 heavy (non-hydrogen) atoms. The van der Waals surface area contributed by atoms with Crippen LogP contribution in [0.15, 0.2) is 78.9 Å². The molecule has 3 aromatic rings. The van der Waals surface area contributed by atoms with Gasteiger partial charge in [-0.1, -0.05) is 131 Å². The predicted octanol–water partition coefficient (Wildman–Crippen LogP) is 9.38. The Hall–Kier alpha value is -2.11. The Labute approximate surface area is 199 Å². The molecule has 1 unspecified atom stereocenters. The van der Waals surface area contributed by atoms with Gasteiger partial charge < -0.3 is 4.74 Å². The van der Waals surface area contributed by atoms with Gasteiger partial charge in [-0.05, 0) is 40.8 Å². The molecule has 0 radical (unpaired) electrons. The van der Waals surface area contributed by atoms with Crippen molar-refractivity contribution in [1.82, 2.24) is 0 Å². The van der Waals surface area contributed by atoms with Crippen molar-refractivity contribution in [2.75, 3.05) is 6.61 Å². The average molecular weight is 449 g/mol. The molecule has 0 spiro atoms. The van der Waals surface area contributed by atoms with Crippen molar-refractivity contribution in [3.63, 3.8) is 0 Å². The number of hydrogen-bond donors (Lipinski definition) is 0. The summed E-state index contributed by atoms with van der Waals surface area (Å²) in [5.74, 6) is 0.969. The molecule has 0 aromatic heterocycles. The summed E-state index contributed by atoms with van der Waals surface area (Å²) in [7, 11) is 0. The van der Waals surface area contributed by atoms with E-state index >= 15 is 0 Å². The molecular weight excluding hydrogens is 407 g/mol. The molecule has 172 valence electrons. The Morgan fingerprint density at radius 2 is 0.969 bits per heavy atom. The van der Waals surface area contributed by atoms with Gasteiger partial charge in [0.05, 0.1) is 6.61 Å². The third kappa shape index (κ3) is 8.79. The second kappa shape index (κ2) is 15.7. The fraction of sp³-hybridized carbons (Fsp3) is 0.400. The van der Waals surface area contributed by atoms with Crippen LogP contribution in [0.3, 0.4) is 0 Å². The van der Waals surface area contributed by atoms with Gasteiger partial charge in [0.2, 0.25) is 0 Å². The molecule has 0 amide bonds. The third-order valence-electron chi connectivity index (χ3n) is 5.94. The zero-order valence-corrected chi connectivity index (χ0v) is 21.3. The normalized spacial score (nSPS) is 10.5. The third-order valence-corrected chi connectivity index (χ3v) is 5.94. The van der Waals surface area contributed by atoms with Crippen LogP contribution in [0.4, 0.5) is 0 Å². The maximum Gasteiger partial charge on any atom is 0.119 e. The van der Waals surface area contributed by atoms with E-state index in [0.717, 1.165) is 18.8 Å². The predicted molar refractivity (Wildman–Crippen MR) is 146 cm³/mol. The average Bonchev–Trinajstić information content (AvgIpc) is 2.83. The van der Waals surface area contributed by atoms with Crippen LogP contribution < -0.4 is 4.74 Å². The van der Waals surface area contributed by atoms with E-state index in [1.54, 1.807) is 0 Å². The smallest absolute Gasteiger partial charge is 0.119 e. The Morgan fingerprint density at radius 3 is 1.53 bits per heavy atom. The summed E-state index contributed by atoms with van der Waals surface area (Å²) in [6.07, 6.45) is 13.5. The highest BCUT2D eigenvalue weighted by molar-refractivity contribution is 6.92. The van der Waals surface area contributed by atoms with Crippen molar-refractivity contribution in [2.24, 2.45) is 0 Å². The largest absolute Gasteiger partial charge is 0.494 e. The minimum absolute atomic E-state index is 0. The van der Waals surface area contributed by atoms with Crippen LogP contribution in [0.5, 0.6) is 5.75 Å². The summed E-state index contributed by atoms with van der Waals surface area (Å²) in [4.78, 5) is 0. The summed E-state index contributed by atoms with van der Waals surface area (Å²) in [6, 6.07) is 27.8. The molecule has 0 aliphatic carbocycles. The number of hydrogen-bond acceptors (Lipinski definition) is 1. The first-order valence-electron chi connectivity index (χ1n) is 12.3. The topological polar surface area (TPSA) is 9.23 Å². The molecule has 0 bridgehead atoms. The number of rotatable bonds is 14. The first-order chi connectivity index (χ1) is 15.4. The van der Waals surface area contributed by atoms with E-state index < -0.39 is 0 Å². The molecule has 0 aliphatic heterocycles. The van der Waals surface area contributed by atoms with Crippen LogP contribution in [0.2, 0.25) is 0 Å². The van der Waals surface area contributed by atoms with E-state index in [4.69, 9.17) is 4.74 Å². The summed E-state index contributed by atoms with van der Waals surface area (Å²) in [5.41, 5.74) is 5.00. The lowest BCUT2D eigenvalue weighted by atomic mass is 9.95. The van der Waals surface area contributed by atoms with Crippen molar-refractivity contribution in [1.29, 1.82) is 0 Å². The van der Waals surface area contributed by atoms with Crippen LogP contribution >= 0.6 is 9.90 Å². The number of benzene rings is 3. The molecule has 0 fully saturated rings. The maximum absolute atomic E-state index is 5.98. The van der Waals surface area contributed by atoms with E-state index in [0.29, 0.717) is 0 Å². The minimum atomic E-state index is 0. The van der Waals surface area contributed by atoms with Gasteiger partial charge in [0, 0.05) is 0 Å². The molecule has 3 rings (SSSR count). The highest BCUT2D eigenvalue weighted by atomic mass is 31.0. The molecule has 3 aromatic carbocycles. The molecule has 2 heteroatoms. The van der Waals surface area contributed by atoms with Crippen LogP contribution in [0.1, 0.15) is 71.1 Å². The lowest BCUT2D eigenvalue weighted by Gasteiger charge is -2.11. The van der Waals surface area contributed by atoms with Crippen molar-refractivity contribution in [2.45, 2.75) is 71.1 Å². The highest BCUT2D eigenvalue weighted by Gasteiger charge is 2.07. The molecule has 0 saturated heterocycles. The fourth-order valence-electron chi connectivity index (χ4n) is 4.11. The van der Waals surface area contributed by atoms with Gasteiger partial charge in [-0.3, -0.25) is 0 Å². The number of ether oxygens (including phenoxy) is 1. The quantitative estimate of drug-likeness (QED) is 0.176. The van der Waals surface area contributed by atoms with Gasteiger partial charge in [0.25, 0.3) is 0 Å². The van der Waals surface area contributed by atoms with E-state index in [-0.39, 0.29) is 9.90 Å². The summed E-state index contributed by atoms with van der Waals surface area (Å²) < 4.78 is 5.98. The second-order valence-electron chi connectivity index (χ2n) is 8.47. The van der Waals surface area contributed by atoms with Crippen LogP contribution in [-0.2, 0) is 0 Å². The molecule has 1 atom stereocenters. The minimum Gasteiger partial charge on any atom is -0.494 e. The summed E-state index contributed by atoms with van der Waals surface area (Å²) in [5, 5.41) is 0. The standard InChI is InChI=1S/C30H38O.H3P/c1-2-3-4-5-6-7-8-9-10-16-25-31-28-23-21-27(22-24-28)30-20-15-14-19-29(30)26-17-12-11-13-18-26;/h11-15,17-24H,2-10,16,25H2,1H3;1H3. The van der Waals surface area contributed by atoms with Crippen molar-refractivity contribution in [3.05, 3.63) is 78.9 Å². The van der Waals surface area contributed by atoms with Gasteiger partial charge >= 0.3 is 0 Å². The summed E-state index contributed by atoms with van der Waals surface area (Å²) in [6.45, 7) is 3.10. The first-order valence-corrected chi connectivity index (χ1v) is 12.3. The second-order valence-corrected chi connectivity index (χ2v) is 8.47. The van der Waals surface area contributed by atoms with Gasteiger partial charge in [0.15, 0.2) is 0 Å². The van der Waals surface area contributed by atoms with Crippen molar-refractivity contribution >= 4 is 9.90 Å². The molecule has 0 aliphatic rings.